The third kappa shape index (κ3) is 4.08. The van der Waals surface area contributed by atoms with E-state index in [9.17, 15) is 4.79 Å². The number of oxime groups is 1. The molecule has 0 spiro atoms. The van der Waals surface area contributed by atoms with Crippen LogP contribution >= 0.6 is 0 Å². The van der Waals surface area contributed by atoms with Crippen molar-refractivity contribution in [2.45, 2.75) is 44.2 Å². The van der Waals surface area contributed by atoms with Gasteiger partial charge in [0.15, 0.2) is 5.84 Å². The zero-order valence-electron chi connectivity index (χ0n) is 12.8. The maximum atomic E-state index is 12.2. The Balaban J connectivity index is 2.79. The molecule has 0 aromatic carbocycles. The Morgan fingerprint density at radius 2 is 2.05 bits per heavy atom. The molecule has 1 heterocycles. The molecule has 7 nitrogen and oxygen atoms in total. The molecule has 0 atom stereocenters. The summed E-state index contributed by atoms with van der Waals surface area (Å²) in [4.78, 5) is 14.3. The quantitative estimate of drug-likeness (QED) is 0.289. The summed E-state index contributed by atoms with van der Waals surface area (Å²) in [5.74, 6) is -0.0952. The second kappa shape index (κ2) is 6.41. The minimum atomic E-state index is -0.762. The lowest BCUT2D eigenvalue weighted by Crippen LogP contribution is -2.62. The summed E-state index contributed by atoms with van der Waals surface area (Å²) in [6.45, 7) is 5.25. The van der Waals surface area contributed by atoms with Crippen LogP contribution in [0.5, 0.6) is 0 Å². The maximum Gasteiger partial charge on any atom is 0.223 e. The van der Waals surface area contributed by atoms with Crippen LogP contribution in [0.2, 0.25) is 0 Å². The van der Waals surface area contributed by atoms with Crippen molar-refractivity contribution in [3.8, 4) is 0 Å². The summed E-state index contributed by atoms with van der Waals surface area (Å²) >= 11 is 0. The van der Waals surface area contributed by atoms with Crippen molar-refractivity contribution in [1.82, 2.24) is 10.2 Å². The van der Waals surface area contributed by atoms with E-state index in [1.165, 1.54) is 0 Å². The van der Waals surface area contributed by atoms with Gasteiger partial charge in [-0.15, -0.1) is 0 Å². The Bertz CT molecular complexity index is 374. The topological polar surface area (TPSA) is 100 Å². The molecule has 1 aliphatic heterocycles. The third-order valence-corrected chi connectivity index (χ3v) is 3.96. The summed E-state index contributed by atoms with van der Waals surface area (Å²) in [5.41, 5.74) is 4.51. The van der Waals surface area contributed by atoms with Gasteiger partial charge in [-0.1, -0.05) is 5.16 Å². The number of amides is 1. The van der Waals surface area contributed by atoms with Crippen molar-refractivity contribution in [3.05, 3.63) is 0 Å². The fraction of sp³-hybridized carbons (Fsp3) is 0.846. The Kier molecular flexibility index (Phi) is 5.35. The zero-order chi connectivity index (χ0) is 15.4. The van der Waals surface area contributed by atoms with Gasteiger partial charge in [0, 0.05) is 20.2 Å². The van der Waals surface area contributed by atoms with Gasteiger partial charge >= 0.3 is 0 Å². The number of nitrogens with zero attached hydrogens (tertiary/aromatic N) is 2. The molecular weight excluding hydrogens is 260 g/mol. The first kappa shape index (κ1) is 16.7. The number of likely N-dealkylation sites (tertiary alicyclic amines) is 1. The Hall–Kier alpha value is -1.34. The van der Waals surface area contributed by atoms with E-state index in [4.69, 9.17) is 15.7 Å². The van der Waals surface area contributed by atoms with Crippen molar-refractivity contribution < 1.29 is 14.7 Å². The van der Waals surface area contributed by atoms with E-state index < -0.39 is 11.1 Å². The summed E-state index contributed by atoms with van der Waals surface area (Å²) in [6, 6.07) is 0. The molecule has 7 heteroatoms. The van der Waals surface area contributed by atoms with Crippen LogP contribution in [0.4, 0.5) is 0 Å². The first-order chi connectivity index (χ1) is 9.24. The fourth-order valence-electron chi connectivity index (χ4n) is 2.31. The number of hydrogen-bond donors (Lipinski definition) is 3. The average molecular weight is 286 g/mol. The Labute approximate surface area is 120 Å². The van der Waals surface area contributed by atoms with Gasteiger partial charge in [-0.3, -0.25) is 4.79 Å². The first-order valence-corrected chi connectivity index (χ1v) is 6.77. The van der Waals surface area contributed by atoms with Crippen LogP contribution in [0.15, 0.2) is 5.16 Å². The third-order valence-electron chi connectivity index (χ3n) is 3.96. The van der Waals surface area contributed by atoms with Gasteiger partial charge < -0.3 is 25.9 Å². The highest BCUT2D eigenvalue weighted by Gasteiger charge is 2.40. The van der Waals surface area contributed by atoms with Crippen LogP contribution in [0.1, 0.15) is 33.1 Å². The van der Waals surface area contributed by atoms with Crippen molar-refractivity contribution in [2.24, 2.45) is 10.9 Å². The van der Waals surface area contributed by atoms with Crippen molar-refractivity contribution in [1.29, 1.82) is 0 Å². The van der Waals surface area contributed by atoms with E-state index in [1.807, 2.05) is 20.9 Å². The number of methoxy groups -OCH3 is 1. The normalized spacial score (nSPS) is 20.7. The van der Waals surface area contributed by atoms with Crippen LogP contribution < -0.4 is 11.1 Å². The number of hydrogen-bond acceptors (Lipinski definition) is 5. The molecule has 1 rings (SSSR count). The molecule has 0 bridgehead atoms. The van der Waals surface area contributed by atoms with Gasteiger partial charge in [0.05, 0.1) is 12.0 Å². The summed E-state index contributed by atoms with van der Waals surface area (Å²) < 4.78 is 5.25. The second-order valence-corrected chi connectivity index (χ2v) is 6.06. The smallest absolute Gasteiger partial charge is 0.223 e. The monoisotopic (exact) mass is 286 g/mol. The van der Waals surface area contributed by atoms with E-state index in [2.05, 4.69) is 15.4 Å². The molecule has 0 radical (unpaired) electrons. The molecule has 116 valence electrons. The molecule has 1 amide bonds. The highest BCUT2D eigenvalue weighted by Crippen LogP contribution is 2.23. The molecule has 4 N–H and O–H groups in total. The van der Waals surface area contributed by atoms with Gasteiger partial charge in [0.2, 0.25) is 5.91 Å². The molecule has 1 aliphatic rings. The Morgan fingerprint density at radius 1 is 1.50 bits per heavy atom. The number of rotatable bonds is 5. The van der Waals surface area contributed by atoms with E-state index in [0.717, 1.165) is 13.1 Å². The summed E-state index contributed by atoms with van der Waals surface area (Å²) in [5, 5.41) is 15.0. The molecule has 0 aromatic rings. The van der Waals surface area contributed by atoms with Crippen molar-refractivity contribution in [3.63, 3.8) is 0 Å². The minimum absolute atomic E-state index is 0.0640. The molecule has 1 fully saturated rings. The van der Waals surface area contributed by atoms with Gasteiger partial charge in [0.25, 0.3) is 0 Å². The molecule has 20 heavy (non-hydrogen) atoms. The van der Waals surface area contributed by atoms with Gasteiger partial charge in [-0.05, 0) is 33.7 Å². The van der Waals surface area contributed by atoms with Crippen LogP contribution in [0.25, 0.3) is 0 Å². The van der Waals surface area contributed by atoms with Gasteiger partial charge in [-0.25, -0.2) is 0 Å². The standard InChI is InChI=1S/C13H26N4O3/c1-12(2,20-4)9-10(18)15-13(11(14)16-19)5-7-17(3)8-6-13/h19H,5-9H2,1-4H3,(H2,14,16)(H,15,18). The number of carbonyl (C=O) groups excluding carboxylic acids is 1. The lowest BCUT2D eigenvalue weighted by atomic mass is 9.86. The van der Waals surface area contributed by atoms with Crippen molar-refractivity contribution >= 4 is 11.7 Å². The molecule has 0 saturated carbocycles. The van der Waals surface area contributed by atoms with Gasteiger partial charge in [0.1, 0.15) is 5.54 Å². The molecule has 0 unspecified atom stereocenters. The highest BCUT2D eigenvalue weighted by molar-refractivity contribution is 5.94. The van der Waals surface area contributed by atoms with E-state index in [0.29, 0.717) is 12.8 Å². The second-order valence-electron chi connectivity index (χ2n) is 6.06. The summed E-state index contributed by atoms with van der Waals surface area (Å²) in [7, 11) is 3.58. The highest BCUT2D eigenvalue weighted by atomic mass is 16.5. The van der Waals surface area contributed by atoms with Crippen LogP contribution in [0.3, 0.4) is 0 Å². The number of ether oxygens (including phenoxy) is 1. The lowest BCUT2D eigenvalue weighted by molar-refractivity contribution is -0.127. The zero-order valence-corrected chi connectivity index (χ0v) is 12.8. The number of nitrogens with two attached hydrogens (primary N) is 1. The molecule has 0 aliphatic carbocycles. The average Bonchev–Trinajstić information content (AvgIpc) is 2.40. The van der Waals surface area contributed by atoms with Crippen LogP contribution in [0, 0.1) is 0 Å². The largest absolute Gasteiger partial charge is 0.409 e. The SMILES string of the molecule is COC(C)(C)CC(=O)NC1(C(N)=NO)CCN(C)CC1. The molecule has 0 aromatic heterocycles. The lowest BCUT2D eigenvalue weighted by Gasteiger charge is -2.40. The number of piperidine rings is 1. The predicted molar refractivity (Wildman–Crippen MR) is 76.7 cm³/mol. The maximum absolute atomic E-state index is 12.2. The van der Waals surface area contributed by atoms with E-state index >= 15 is 0 Å². The van der Waals surface area contributed by atoms with E-state index in [-0.39, 0.29) is 18.2 Å². The van der Waals surface area contributed by atoms with Gasteiger partial charge in [-0.2, -0.15) is 0 Å². The Morgan fingerprint density at radius 3 is 2.50 bits per heavy atom. The summed E-state index contributed by atoms with van der Waals surface area (Å²) in [6.07, 6.45) is 1.47. The van der Waals surface area contributed by atoms with Crippen LogP contribution in [-0.2, 0) is 9.53 Å². The number of nitrogens with one attached hydrogen (secondary N) is 1. The van der Waals surface area contributed by atoms with E-state index in [1.54, 1.807) is 7.11 Å². The number of amidine groups is 1. The fourth-order valence-corrected chi connectivity index (χ4v) is 2.31. The predicted octanol–water partition coefficient (Wildman–Crippen LogP) is 0.129. The number of carbonyl (C=O) groups is 1. The van der Waals surface area contributed by atoms with Crippen LogP contribution in [-0.4, -0.2) is 60.2 Å². The molecular formula is C13H26N4O3. The first-order valence-electron chi connectivity index (χ1n) is 6.77. The molecule has 1 saturated heterocycles. The van der Waals surface area contributed by atoms with Crippen molar-refractivity contribution in [2.75, 3.05) is 27.2 Å². The minimum Gasteiger partial charge on any atom is -0.409 e.